The summed E-state index contributed by atoms with van der Waals surface area (Å²) in [6.07, 6.45) is -3.00. The number of rotatable bonds is 5. The fourth-order valence-electron chi connectivity index (χ4n) is 2.96. The Kier molecular flexibility index (Phi) is 5.74. The lowest BCUT2D eigenvalue weighted by Gasteiger charge is -2.19. The minimum absolute atomic E-state index is 0.0440. The lowest BCUT2D eigenvalue weighted by Crippen LogP contribution is -2.12. The Labute approximate surface area is 142 Å². The van der Waals surface area contributed by atoms with Crippen LogP contribution in [-0.4, -0.2) is 0 Å². The van der Waals surface area contributed by atoms with E-state index in [2.05, 4.69) is 19.1 Å². The van der Waals surface area contributed by atoms with Crippen molar-refractivity contribution in [1.82, 2.24) is 0 Å². The van der Waals surface area contributed by atoms with Gasteiger partial charge < -0.3 is 0 Å². The largest absolute Gasteiger partial charge is 0.416 e. The molecule has 3 heteroatoms. The smallest absolute Gasteiger partial charge is 0.166 e. The topological polar surface area (TPSA) is 0 Å². The highest BCUT2D eigenvalue weighted by molar-refractivity contribution is 5.37. The van der Waals surface area contributed by atoms with Gasteiger partial charge in [0.15, 0.2) is 0 Å². The number of halogens is 3. The summed E-state index contributed by atoms with van der Waals surface area (Å²) in [6, 6.07) is 12.9. The van der Waals surface area contributed by atoms with Crippen LogP contribution in [0.15, 0.2) is 42.5 Å². The van der Waals surface area contributed by atoms with E-state index in [1.165, 1.54) is 11.6 Å². The average Bonchev–Trinajstić information content (AvgIpc) is 2.54. The summed E-state index contributed by atoms with van der Waals surface area (Å²) in [4.78, 5) is 0. The summed E-state index contributed by atoms with van der Waals surface area (Å²) in [5.74, 6) is 0.126. The van der Waals surface area contributed by atoms with E-state index in [1.54, 1.807) is 6.07 Å². The van der Waals surface area contributed by atoms with Crippen LogP contribution in [0.2, 0.25) is 0 Å². The fourth-order valence-corrected chi connectivity index (χ4v) is 2.96. The number of hydrogen-bond acceptors (Lipinski definition) is 0. The van der Waals surface area contributed by atoms with Gasteiger partial charge in [0.25, 0.3) is 0 Å². The molecule has 0 spiro atoms. The Morgan fingerprint density at radius 1 is 0.917 bits per heavy atom. The molecule has 1 unspecified atom stereocenters. The van der Waals surface area contributed by atoms with Gasteiger partial charge in [-0.25, -0.2) is 0 Å². The van der Waals surface area contributed by atoms with Crippen molar-refractivity contribution in [2.75, 3.05) is 0 Å². The molecule has 0 heterocycles. The highest BCUT2D eigenvalue weighted by Crippen LogP contribution is 2.36. The van der Waals surface area contributed by atoms with Gasteiger partial charge in [0, 0.05) is 0 Å². The van der Waals surface area contributed by atoms with Gasteiger partial charge in [0.05, 0.1) is 5.56 Å². The second kappa shape index (κ2) is 7.42. The van der Waals surface area contributed by atoms with Crippen LogP contribution in [0.3, 0.4) is 0 Å². The minimum Gasteiger partial charge on any atom is -0.166 e. The maximum absolute atomic E-state index is 13.5. The van der Waals surface area contributed by atoms with Crippen molar-refractivity contribution in [3.8, 4) is 0 Å². The first-order valence-electron chi connectivity index (χ1n) is 8.51. The van der Waals surface area contributed by atoms with Crippen molar-refractivity contribution in [2.24, 2.45) is 0 Å². The van der Waals surface area contributed by atoms with Gasteiger partial charge in [-0.15, -0.1) is 0 Å². The Hall–Kier alpha value is -1.77. The van der Waals surface area contributed by atoms with Crippen molar-refractivity contribution < 1.29 is 13.2 Å². The van der Waals surface area contributed by atoms with Crippen LogP contribution in [0.5, 0.6) is 0 Å². The van der Waals surface area contributed by atoms with E-state index in [4.69, 9.17) is 0 Å². The molecule has 0 aromatic heterocycles. The van der Waals surface area contributed by atoms with E-state index < -0.39 is 11.7 Å². The van der Waals surface area contributed by atoms with Gasteiger partial charge in [-0.05, 0) is 53.0 Å². The number of aryl methyl sites for hydroxylation is 1. The summed E-state index contributed by atoms with van der Waals surface area (Å²) < 4.78 is 40.4. The van der Waals surface area contributed by atoms with Crippen molar-refractivity contribution >= 4 is 0 Å². The average molecular weight is 334 g/mol. The molecule has 0 aliphatic carbocycles. The molecule has 130 valence electrons. The van der Waals surface area contributed by atoms with E-state index in [-0.39, 0.29) is 11.8 Å². The zero-order valence-corrected chi connectivity index (χ0v) is 14.7. The molecule has 0 saturated heterocycles. The third-order valence-corrected chi connectivity index (χ3v) is 4.56. The van der Waals surface area contributed by atoms with Crippen LogP contribution < -0.4 is 0 Å². The molecule has 2 rings (SSSR count). The van der Waals surface area contributed by atoms with Gasteiger partial charge >= 0.3 is 6.18 Å². The SMILES string of the molecule is CCc1cccc(C(C)Cc2ccc(C(C)C)cc2C(F)(F)F)c1. The summed E-state index contributed by atoms with van der Waals surface area (Å²) in [7, 11) is 0. The number of alkyl halides is 3. The molecule has 0 radical (unpaired) electrons. The van der Waals surface area contributed by atoms with Gasteiger partial charge in [0.2, 0.25) is 0 Å². The molecule has 0 amide bonds. The van der Waals surface area contributed by atoms with Crippen LogP contribution >= 0.6 is 0 Å². The molecule has 0 N–H and O–H groups in total. The second-order valence-electron chi connectivity index (χ2n) is 6.77. The first-order chi connectivity index (χ1) is 11.2. The van der Waals surface area contributed by atoms with E-state index in [1.807, 2.05) is 39.0 Å². The normalized spacial score (nSPS) is 13.3. The van der Waals surface area contributed by atoms with E-state index in [0.717, 1.165) is 17.5 Å². The molecule has 0 nitrogen and oxygen atoms in total. The maximum Gasteiger partial charge on any atom is 0.416 e. The molecule has 0 saturated carbocycles. The minimum atomic E-state index is -4.31. The van der Waals surface area contributed by atoms with Crippen LogP contribution in [0, 0.1) is 0 Å². The highest BCUT2D eigenvalue weighted by atomic mass is 19.4. The predicted molar refractivity (Wildman–Crippen MR) is 93.5 cm³/mol. The maximum atomic E-state index is 13.5. The standard InChI is InChI=1S/C21H25F3/c1-5-16-7-6-8-18(12-16)15(4)11-19-10-9-17(14(2)3)13-20(19)21(22,23)24/h6-10,12-15H,5,11H2,1-4H3. The Balaban J connectivity index is 2.34. The van der Waals surface area contributed by atoms with Crippen molar-refractivity contribution in [3.05, 3.63) is 70.3 Å². The fraction of sp³-hybridized carbons (Fsp3) is 0.429. The first-order valence-corrected chi connectivity index (χ1v) is 8.51. The second-order valence-corrected chi connectivity index (χ2v) is 6.77. The summed E-state index contributed by atoms with van der Waals surface area (Å²) >= 11 is 0. The molecular weight excluding hydrogens is 309 g/mol. The molecule has 0 bridgehead atoms. The predicted octanol–water partition coefficient (Wildman–Crippen LogP) is 6.74. The molecule has 2 aromatic carbocycles. The van der Waals surface area contributed by atoms with Crippen LogP contribution in [0.25, 0.3) is 0 Å². The monoisotopic (exact) mass is 334 g/mol. The lowest BCUT2D eigenvalue weighted by atomic mass is 9.88. The quantitative estimate of drug-likeness (QED) is 0.568. The Morgan fingerprint density at radius 3 is 2.21 bits per heavy atom. The van der Waals surface area contributed by atoms with Crippen molar-refractivity contribution in [1.29, 1.82) is 0 Å². The lowest BCUT2D eigenvalue weighted by molar-refractivity contribution is -0.138. The zero-order chi connectivity index (χ0) is 17.9. The van der Waals surface area contributed by atoms with E-state index in [0.29, 0.717) is 12.0 Å². The molecule has 24 heavy (non-hydrogen) atoms. The van der Waals surface area contributed by atoms with Gasteiger partial charge in [-0.1, -0.05) is 64.1 Å². The molecule has 1 atom stereocenters. The molecule has 0 aliphatic heterocycles. The summed E-state index contributed by atoms with van der Waals surface area (Å²) in [6.45, 7) is 7.89. The third-order valence-electron chi connectivity index (χ3n) is 4.56. The van der Waals surface area contributed by atoms with Crippen LogP contribution in [0.1, 0.15) is 67.3 Å². The van der Waals surface area contributed by atoms with E-state index >= 15 is 0 Å². The van der Waals surface area contributed by atoms with Crippen molar-refractivity contribution in [3.63, 3.8) is 0 Å². The molecule has 2 aromatic rings. The first kappa shape index (κ1) is 18.6. The summed E-state index contributed by atoms with van der Waals surface area (Å²) in [5.41, 5.74) is 2.92. The highest BCUT2D eigenvalue weighted by Gasteiger charge is 2.34. The summed E-state index contributed by atoms with van der Waals surface area (Å²) in [5, 5.41) is 0. The molecule has 0 aliphatic rings. The van der Waals surface area contributed by atoms with Crippen molar-refractivity contribution in [2.45, 2.75) is 58.5 Å². The van der Waals surface area contributed by atoms with Crippen LogP contribution in [-0.2, 0) is 19.0 Å². The zero-order valence-electron chi connectivity index (χ0n) is 14.7. The third kappa shape index (κ3) is 4.40. The van der Waals surface area contributed by atoms with Gasteiger partial charge in [-0.3, -0.25) is 0 Å². The Morgan fingerprint density at radius 2 is 1.62 bits per heavy atom. The molecular formula is C21H25F3. The number of hydrogen-bond donors (Lipinski definition) is 0. The Bertz CT molecular complexity index is 684. The van der Waals surface area contributed by atoms with Gasteiger partial charge in [0.1, 0.15) is 0 Å². The van der Waals surface area contributed by atoms with Gasteiger partial charge in [-0.2, -0.15) is 13.2 Å². The molecule has 0 fully saturated rings. The van der Waals surface area contributed by atoms with E-state index in [9.17, 15) is 13.2 Å². The van der Waals surface area contributed by atoms with Crippen LogP contribution in [0.4, 0.5) is 13.2 Å². The number of benzene rings is 2.